The van der Waals surface area contributed by atoms with Crippen LogP contribution in [-0.2, 0) is 0 Å². The van der Waals surface area contributed by atoms with Crippen LogP contribution in [0.1, 0.15) is 18.0 Å². The average Bonchev–Trinajstić information content (AvgIpc) is 2.04. The maximum Gasteiger partial charge on any atom is 0.573 e. The van der Waals surface area contributed by atoms with Crippen LogP contribution in [0.15, 0.2) is 22.7 Å². The lowest BCUT2D eigenvalue weighted by Crippen LogP contribution is -2.35. The maximum absolute atomic E-state index is 12.2. The standard InChI is InChI=1S/C10H9BrF3NO/c11-6-1-2-9(16-10(12,13)14)7(5-6)8-3-4-15-8/h1-2,5,8,15H,3-4H2/t8-/m0/s1. The zero-order valence-electron chi connectivity index (χ0n) is 8.14. The first kappa shape index (κ1) is 11.7. The number of alkyl halides is 3. The van der Waals surface area contributed by atoms with Crippen molar-refractivity contribution >= 4 is 15.9 Å². The first-order chi connectivity index (χ1) is 7.46. The minimum atomic E-state index is -4.65. The Morgan fingerprint density at radius 1 is 1.38 bits per heavy atom. The summed E-state index contributed by atoms with van der Waals surface area (Å²) in [5, 5.41) is 3.05. The zero-order valence-corrected chi connectivity index (χ0v) is 9.73. The van der Waals surface area contributed by atoms with E-state index in [1.54, 1.807) is 6.07 Å². The van der Waals surface area contributed by atoms with Crippen LogP contribution in [0.25, 0.3) is 0 Å². The molecular formula is C10H9BrF3NO. The molecule has 1 aromatic rings. The van der Waals surface area contributed by atoms with E-state index in [9.17, 15) is 13.2 Å². The van der Waals surface area contributed by atoms with Crippen molar-refractivity contribution in [2.75, 3.05) is 6.54 Å². The molecule has 1 aromatic carbocycles. The van der Waals surface area contributed by atoms with Crippen LogP contribution in [-0.4, -0.2) is 12.9 Å². The summed E-state index contributed by atoms with van der Waals surface area (Å²) in [5.41, 5.74) is 0.540. The van der Waals surface area contributed by atoms with Gasteiger partial charge in [-0.3, -0.25) is 0 Å². The number of benzene rings is 1. The molecule has 0 bridgehead atoms. The monoisotopic (exact) mass is 295 g/mol. The van der Waals surface area contributed by atoms with E-state index in [0.29, 0.717) is 5.56 Å². The van der Waals surface area contributed by atoms with Crippen LogP contribution in [0, 0.1) is 0 Å². The van der Waals surface area contributed by atoms with Gasteiger partial charge in [0.1, 0.15) is 5.75 Å². The normalized spacial score (nSPS) is 20.4. The van der Waals surface area contributed by atoms with E-state index in [2.05, 4.69) is 26.0 Å². The third kappa shape index (κ3) is 2.68. The molecule has 1 N–H and O–H groups in total. The van der Waals surface area contributed by atoms with Gasteiger partial charge in [0.2, 0.25) is 0 Å². The first-order valence-corrected chi connectivity index (χ1v) is 5.53. The van der Waals surface area contributed by atoms with Crippen molar-refractivity contribution in [3.8, 4) is 5.75 Å². The summed E-state index contributed by atoms with van der Waals surface area (Å²) in [7, 11) is 0. The molecule has 16 heavy (non-hydrogen) atoms. The Kier molecular flexibility index (Phi) is 3.12. The summed E-state index contributed by atoms with van der Waals surface area (Å²) in [6, 6.07) is 4.46. The van der Waals surface area contributed by atoms with Crippen molar-refractivity contribution in [2.24, 2.45) is 0 Å². The quantitative estimate of drug-likeness (QED) is 0.903. The topological polar surface area (TPSA) is 21.3 Å². The van der Waals surface area contributed by atoms with Crippen LogP contribution < -0.4 is 10.1 Å². The summed E-state index contributed by atoms with van der Waals surface area (Å²) >= 11 is 3.23. The molecule has 1 aliphatic heterocycles. The molecule has 0 aromatic heterocycles. The maximum atomic E-state index is 12.2. The molecule has 2 nitrogen and oxygen atoms in total. The lowest BCUT2D eigenvalue weighted by molar-refractivity contribution is -0.275. The summed E-state index contributed by atoms with van der Waals surface area (Å²) in [6.45, 7) is 0.822. The highest BCUT2D eigenvalue weighted by atomic mass is 79.9. The second-order valence-electron chi connectivity index (χ2n) is 3.53. The molecule has 1 aliphatic rings. The molecule has 0 aliphatic carbocycles. The fourth-order valence-corrected chi connectivity index (χ4v) is 1.94. The zero-order chi connectivity index (χ0) is 11.8. The van der Waals surface area contributed by atoms with Crippen LogP contribution in [0.4, 0.5) is 13.2 Å². The molecule has 88 valence electrons. The molecule has 1 heterocycles. The van der Waals surface area contributed by atoms with Gasteiger partial charge in [0, 0.05) is 16.1 Å². The van der Waals surface area contributed by atoms with Gasteiger partial charge in [-0.05, 0) is 31.2 Å². The van der Waals surface area contributed by atoms with Crippen molar-refractivity contribution < 1.29 is 17.9 Å². The summed E-state index contributed by atoms with van der Waals surface area (Å²) in [6.07, 6.45) is -3.82. The largest absolute Gasteiger partial charge is 0.573 e. The fraction of sp³-hybridized carbons (Fsp3) is 0.400. The molecule has 0 spiro atoms. The van der Waals surface area contributed by atoms with Gasteiger partial charge >= 0.3 is 6.36 Å². The number of halogens is 4. The van der Waals surface area contributed by atoms with Crippen molar-refractivity contribution in [2.45, 2.75) is 18.8 Å². The SMILES string of the molecule is FC(F)(F)Oc1ccc(Br)cc1[C@@H]1CCN1. The molecule has 2 rings (SSSR count). The van der Waals surface area contributed by atoms with Crippen molar-refractivity contribution in [1.82, 2.24) is 5.32 Å². The van der Waals surface area contributed by atoms with E-state index >= 15 is 0 Å². The van der Waals surface area contributed by atoms with Gasteiger partial charge < -0.3 is 10.1 Å². The van der Waals surface area contributed by atoms with Gasteiger partial charge in [-0.2, -0.15) is 0 Å². The summed E-state index contributed by atoms with van der Waals surface area (Å²) < 4.78 is 41.2. The number of hydrogen-bond acceptors (Lipinski definition) is 2. The molecule has 1 saturated heterocycles. The van der Waals surface area contributed by atoms with Gasteiger partial charge in [0.05, 0.1) is 0 Å². The molecule has 0 radical (unpaired) electrons. The Labute approximate surface area is 98.9 Å². The van der Waals surface area contributed by atoms with E-state index in [1.165, 1.54) is 12.1 Å². The predicted octanol–water partition coefficient (Wildman–Crippen LogP) is 3.38. The predicted molar refractivity (Wildman–Crippen MR) is 56.2 cm³/mol. The third-order valence-electron chi connectivity index (χ3n) is 2.40. The highest BCUT2D eigenvalue weighted by Gasteiger charge is 2.33. The average molecular weight is 296 g/mol. The first-order valence-electron chi connectivity index (χ1n) is 4.74. The van der Waals surface area contributed by atoms with Crippen LogP contribution in [0.5, 0.6) is 5.75 Å². The molecule has 0 amide bonds. The molecular weight excluding hydrogens is 287 g/mol. The molecule has 1 fully saturated rings. The number of ether oxygens (including phenoxy) is 1. The Balaban J connectivity index is 2.28. The van der Waals surface area contributed by atoms with E-state index in [-0.39, 0.29) is 11.8 Å². The van der Waals surface area contributed by atoms with Crippen molar-refractivity contribution in [3.63, 3.8) is 0 Å². The number of nitrogens with one attached hydrogen (secondary N) is 1. The van der Waals surface area contributed by atoms with Gasteiger partial charge in [-0.1, -0.05) is 15.9 Å². The van der Waals surface area contributed by atoms with Gasteiger partial charge in [0.15, 0.2) is 0 Å². The second kappa shape index (κ2) is 4.25. The molecule has 0 unspecified atom stereocenters. The Hall–Kier alpha value is -0.750. The van der Waals surface area contributed by atoms with Gasteiger partial charge in [-0.15, -0.1) is 13.2 Å². The smallest absolute Gasteiger partial charge is 0.405 e. The Bertz CT molecular complexity index is 390. The Morgan fingerprint density at radius 3 is 2.56 bits per heavy atom. The van der Waals surface area contributed by atoms with Gasteiger partial charge in [0.25, 0.3) is 0 Å². The number of hydrogen-bond donors (Lipinski definition) is 1. The molecule has 1 atom stereocenters. The minimum Gasteiger partial charge on any atom is -0.405 e. The third-order valence-corrected chi connectivity index (χ3v) is 2.89. The Morgan fingerprint density at radius 2 is 2.06 bits per heavy atom. The van der Waals surface area contributed by atoms with E-state index in [4.69, 9.17) is 0 Å². The van der Waals surface area contributed by atoms with Crippen LogP contribution >= 0.6 is 15.9 Å². The van der Waals surface area contributed by atoms with Crippen LogP contribution in [0.3, 0.4) is 0 Å². The lowest BCUT2D eigenvalue weighted by atomic mass is 9.97. The summed E-state index contributed by atoms with van der Waals surface area (Å²) in [5.74, 6) is -0.132. The van der Waals surface area contributed by atoms with E-state index in [0.717, 1.165) is 17.4 Å². The second-order valence-corrected chi connectivity index (χ2v) is 4.44. The number of rotatable bonds is 2. The van der Waals surface area contributed by atoms with Crippen molar-refractivity contribution in [3.05, 3.63) is 28.2 Å². The summed E-state index contributed by atoms with van der Waals surface area (Å²) in [4.78, 5) is 0. The van der Waals surface area contributed by atoms with E-state index < -0.39 is 6.36 Å². The minimum absolute atomic E-state index is 0.0464. The molecule has 0 saturated carbocycles. The van der Waals surface area contributed by atoms with Crippen molar-refractivity contribution in [1.29, 1.82) is 0 Å². The lowest BCUT2D eigenvalue weighted by Gasteiger charge is -2.29. The van der Waals surface area contributed by atoms with Gasteiger partial charge in [-0.25, -0.2) is 0 Å². The highest BCUT2D eigenvalue weighted by Crippen LogP contribution is 2.35. The fourth-order valence-electron chi connectivity index (χ4n) is 1.56. The van der Waals surface area contributed by atoms with E-state index in [1.807, 2.05) is 0 Å². The molecule has 6 heteroatoms. The van der Waals surface area contributed by atoms with Crippen LogP contribution in [0.2, 0.25) is 0 Å². The highest BCUT2D eigenvalue weighted by molar-refractivity contribution is 9.10.